The fourth-order valence-electron chi connectivity index (χ4n) is 4.04. The third-order valence-corrected chi connectivity index (χ3v) is 5.51. The Kier molecular flexibility index (Phi) is 6.69. The Balaban J connectivity index is 1.79. The fourth-order valence-corrected chi connectivity index (χ4v) is 4.04. The topological polar surface area (TPSA) is 67.0 Å². The Morgan fingerprint density at radius 1 is 1.14 bits per heavy atom. The number of aromatic amines is 1. The number of carbonyl (C=O) groups excluding carboxylic acids is 1. The first-order valence-electron chi connectivity index (χ1n) is 9.88. The number of methoxy groups -OCH3 is 3. The average Bonchev–Trinajstić information content (AvgIpc) is 3.22. The Morgan fingerprint density at radius 2 is 1.83 bits per heavy atom. The van der Waals surface area contributed by atoms with Crippen molar-refractivity contribution in [2.45, 2.75) is 25.3 Å². The maximum absolute atomic E-state index is 12.5. The number of amides is 1. The van der Waals surface area contributed by atoms with Crippen LogP contribution in [0, 0.1) is 0 Å². The van der Waals surface area contributed by atoms with Gasteiger partial charge in [0.2, 0.25) is 0 Å². The molecule has 0 radical (unpaired) electrons. The van der Waals surface area contributed by atoms with Crippen molar-refractivity contribution in [1.82, 2.24) is 14.8 Å². The summed E-state index contributed by atoms with van der Waals surface area (Å²) in [6, 6.07) is 5.74. The van der Waals surface area contributed by atoms with Crippen molar-refractivity contribution in [2.75, 3.05) is 48.5 Å². The molecule has 2 heterocycles. The van der Waals surface area contributed by atoms with Gasteiger partial charge in [-0.3, -0.25) is 9.69 Å². The summed E-state index contributed by atoms with van der Waals surface area (Å²) < 4.78 is 16.4. The molecule has 1 atom stereocenters. The van der Waals surface area contributed by atoms with E-state index in [-0.39, 0.29) is 5.91 Å². The van der Waals surface area contributed by atoms with Crippen LogP contribution in [0.15, 0.2) is 24.4 Å². The van der Waals surface area contributed by atoms with Gasteiger partial charge in [-0.2, -0.15) is 0 Å². The molecule has 1 aliphatic rings. The summed E-state index contributed by atoms with van der Waals surface area (Å²) >= 11 is 0. The molecule has 1 aliphatic heterocycles. The molecule has 1 unspecified atom stereocenters. The minimum absolute atomic E-state index is 0.0416. The van der Waals surface area contributed by atoms with Gasteiger partial charge in [0.1, 0.15) is 5.75 Å². The normalized spacial score (nSPS) is 17.1. The van der Waals surface area contributed by atoms with Crippen LogP contribution in [0.5, 0.6) is 17.2 Å². The number of ether oxygens (including phenoxy) is 3. The first kappa shape index (κ1) is 21.0. The van der Waals surface area contributed by atoms with Crippen molar-refractivity contribution in [3.05, 3.63) is 41.2 Å². The van der Waals surface area contributed by atoms with E-state index in [0.717, 1.165) is 55.0 Å². The maximum atomic E-state index is 12.5. The molecule has 3 rings (SSSR count). The van der Waals surface area contributed by atoms with Gasteiger partial charge in [-0.1, -0.05) is 0 Å². The van der Waals surface area contributed by atoms with Gasteiger partial charge in [0, 0.05) is 56.6 Å². The standard InChI is InChI=1S/C22H31N3O4/c1-24(2)22(26)17-8-9-23-21(17)15-7-6-10-25(13-15)14-16-11-19(28-4)20(29-5)12-18(16)27-3/h8-9,11-12,15,23H,6-7,10,13-14H2,1-5H3. The van der Waals surface area contributed by atoms with Gasteiger partial charge in [-0.15, -0.1) is 0 Å². The second-order valence-electron chi connectivity index (χ2n) is 7.60. The number of aromatic nitrogens is 1. The molecule has 1 N–H and O–H groups in total. The average molecular weight is 402 g/mol. The highest BCUT2D eigenvalue weighted by molar-refractivity contribution is 5.95. The highest BCUT2D eigenvalue weighted by atomic mass is 16.5. The highest BCUT2D eigenvalue weighted by Gasteiger charge is 2.27. The lowest BCUT2D eigenvalue weighted by Crippen LogP contribution is -2.35. The summed E-state index contributed by atoms with van der Waals surface area (Å²) in [6.45, 7) is 2.63. The molecule has 0 spiro atoms. The monoisotopic (exact) mass is 401 g/mol. The summed E-state index contributed by atoms with van der Waals surface area (Å²) in [6.07, 6.45) is 4.01. The van der Waals surface area contributed by atoms with Gasteiger partial charge in [0.25, 0.3) is 5.91 Å². The fraction of sp³-hybridized carbons (Fsp3) is 0.500. The predicted octanol–water partition coefficient (Wildman–Crippen LogP) is 3.12. The molecule has 1 aromatic carbocycles. The van der Waals surface area contributed by atoms with Crippen LogP contribution in [0.1, 0.15) is 40.4 Å². The maximum Gasteiger partial charge on any atom is 0.255 e. The largest absolute Gasteiger partial charge is 0.496 e. The molecule has 7 nitrogen and oxygen atoms in total. The van der Waals surface area contributed by atoms with Crippen LogP contribution in [0.2, 0.25) is 0 Å². The molecular weight excluding hydrogens is 370 g/mol. The lowest BCUT2D eigenvalue weighted by Gasteiger charge is -2.33. The Bertz CT molecular complexity index is 847. The van der Waals surface area contributed by atoms with Crippen molar-refractivity contribution >= 4 is 5.91 Å². The molecule has 1 amide bonds. The lowest BCUT2D eigenvalue weighted by atomic mass is 9.92. The van der Waals surface area contributed by atoms with Crippen molar-refractivity contribution in [2.24, 2.45) is 0 Å². The van der Waals surface area contributed by atoms with E-state index in [1.165, 1.54) is 0 Å². The van der Waals surface area contributed by atoms with Crippen LogP contribution in [-0.2, 0) is 6.54 Å². The second-order valence-corrected chi connectivity index (χ2v) is 7.60. The molecule has 0 aliphatic carbocycles. The first-order valence-corrected chi connectivity index (χ1v) is 9.88. The number of hydrogen-bond acceptors (Lipinski definition) is 5. The van der Waals surface area contributed by atoms with E-state index in [4.69, 9.17) is 14.2 Å². The van der Waals surface area contributed by atoms with E-state index < -0.39 is 0 Å². The predicted molar refractivity (Wildman–Crippen MR) is 112 cm³/mol. The molecule has 1 aromatic heterocycles. The summed E-state index contributed by atoms with van der Waals surface area (Å²) in [5, 5.41) is 0. The zero-order valence-electron chi connectivity index (χ0n) is 17.9. The minimum Gasteiger partial charge on any atom is -0.496 e. The molecule has 7 heteroatoms. The number of nitrogens with one attached hydrogen (secondary N) is 1. The quantitative estimate of drug-likeness (QED) is 0.772. The van der Waals surface area contributed by atoms with E-state index in [1.807, 2.05) is 24.4 Å². The van der Waals surface area contributed by atoms with E-state index in [9.17, 15) is 4.79 Å². The van der Waals surface area contributed by atoms with Gasteiger partial charge in [0.05, 0.1) is 26.9 Å². The summed E-state index contributed by atoms with van der Waals surface area (Å²) in [5.74, 6) is 2.47. The summed E-state index contributed by atoms with van der Waals surface area (Å²) in [5.41, 5.74) is 2.86. The third kappa shape index (κ3) is 4.50. The first-order chi connectivity index (χ1) is 14.0. The third-order valence-electron chi connectivity index (χ3n) is 5.51. The van der Waals surface area contributed by atoms with Crippen LogP contribution in [0.3, 0.4) is 0 Å². The number of rotatable bonds is 7. The Labute approximate surface area is 172 Å². The van der Waals surface area contributed by atoms with E-state index in [0.29, 0.717) is 17.4 Å². The van der Waals surface area contributed by atoms with Crippen molar-refractivity contribution < 1.29 is 19.0 Å². The van der Waals surface area contributed by atoms with E-state index >= 15 is 0 Å². The zero-order valence-corrected chi connectivity index (χ0v) is 17.9. The van der Waals surface area contributed by atoms with Crippen LogP contribution in [0.25, 0.3) is 0 Å². The van der Waals surface area contributed by atoms with Crippen molar-refractivity contribution in [3.63, 3.8) is 0 Å². The van der Waals surface area contributed by atoms with Gasteiger partial charge in [-0.25, -0.2) is 0 Å². The van der Waals surface area contributed by atoms with Gasteiger partial charge in [0.15, 0.2) is 11.5 Å². The number of carbonyl (C=O) groups is 1. The van der Waals surface area contributed by atoms with E-state index in [2.05, 4.69) is 9.88 Å². The number of hydrogen-bond donors (Lipinski definition) is 1. The lowest BCUT2D eigenvalue weighted by molar-refractivity contribution is 0.0825. The zero-order chi connectivity index (χ0) is 21.0. The number of likely N-dealkylation sites (tertiary alicyclic amines) is 1. The van der Waals surface area contributed by atoms with Gasteiger partial charge >= 0.3 is 0 Å². The molecule has 29 heavy (non-hydrogen) atoms. The molecule has 2 aromatic rings. The number of piperidine rings is 1. The second kappa shape index (κ2) is 9.22. The molecule has 1 saturated heterocycles. The van der Waals surface area contributed by atoms with Crippen LogP contribution in [-0.4, -0.2) is 69.2 Å². The van der Waals surface area contributed by atoms with Crippen LogP contribution in [0.4, 0.5) is 0 Å². The summed E-state index contributed by atoms with van der Waals surface area (Å²) in [7, 11) is 8.50. The van der Waals surface area contributed by atoms with Crippen molar-refractivity contribution in [3.8, 4) is 17.2 Å². The number of H-pyrrole nitrogens is 1. The number of benzene rings is 1. The van der Waals surface area contributed by atoms with Gasteiger partial charge < -0.3 is 24.1 Å². The molecule has 0 saturated carbocycles. The van der Waals surface area contributed by atoms with Gasteiger partial charge in [-0.05, 0) is 31.5 Å². The Morgan fingerprint density at radius 3 is 2.48 bits per heavy atom. The van der Waals surface area contributed by atoms with Crippen molar-refractivity contribution in [1.29, 1.82) is 0 Å². The van der Waals surface area contributed by atoms with Crippen LogP contribution < -0.4 is 14.2 Å². The van der Waals surface area contributed by atoms with Crippen LogP contribution >= 0.6 is 0 Å². The molecule has 158 valence electrons. The highest BCUT2D eigenvalue weighted by Crippen LogP contribution is 2.36. The molecule has 1 fully saturated rings. The Hall–Kier alpha value is -2.67. The SMILES string of the molecule is COc1cc(OC)c(OC)cc1CN1CCCC(c2[nH]ccc2C(=O)N(C)C)C1. The summed E-state index contributed by atoms with van der Waals surface area (Å²) in [4.78, 5) is 19.9. The van der Waals surface area contributed by atoms with E-state index in [1.54, 1.807) is 40.3 Å². The minimum atomic E-state index is 0.0416. The molecular formula is C22H31N3O4. The molecule has 0 bridgehead atoms. The smallest absolute Gasteiger partial charge is 0.255 e. The number of nitrogens with zero attached hydrogens (tertiary/aromatic N) is 2.